The Morgan fingerprint density at radius 2 is 2.12 bits per heavy atom. The maximum atomic E-state index is 12.2. The second-order valence-corrected chi connectivity index (χ2v) is 6.76. The molecule has 0 spiro atoms. The van der Waals surface area contributed by atoms with Crippen LogP contribution in [-0.2, 0) is 30.6 Å². The van der Waals surface area contributed by atoms with E-state index >= 15 is 0 Å². The molecule has 24 heavy (non-hydrogen) atoms. The Kier molecular flexibility index (Phi) is 5.30. The topological polar surface area (TPSA) is 58.4 Å². The molecule has 0 aliphatic heterocycles. The zero-order chi connectivity index (χ0) is 16.9. The van der Waals surface area contributed by atoms with Crippen molar-refractivity contribution in [2.45, 2.75) is 44.7 Å². The Labute approximate surface area is 143 Å². The van der Waals surface area contributed by atoms with Crippen molar-refractivity contribution in [3.63, 3.8) is 0 Å². The summed E-state index contributed by atoms with van der Waals surface area (Å²) < 4.78 is 5.46. The fourth-order valence-corrected chi connectivity index (χ4v) is 3.21. The van der Waals surface area contributed by atoms with E-state index in [0.29, 0.717) is 6.42 Å². The molecule has 3 rings (SSSR count). The van der Waals surface area contributed by atoms with Gasteiger partial charge in [0.05, 0.1) is 0 Å². The Morgan fingerprint density at radius 1 is 1.33 bits per heavy atom. The lowest BCUT2D eigenvalue weighted by atomic mass is 9.91. The summed E-state index contributed by atoms with van der Waals surface area (Å²) in [6, 6.07) is 10.3. The number of aryl methyl sites for hydroxylation is 2. The molecule has 1 aromatic heterocycles. The van der Waals surface area contributed by atoms with Crippen LogP contribution < -0.4 is 5.32 Å². The molecule has 5 heteroatoms. The third-order valence-corrected chi connectivity index (χ3v) is 4.44. The SMILES string of the molecule is CN(C)Cc1noc2c1CC(NC(=O)CCc1ccccc1)CC2. The highest BCUT2D eigenvalue weighted by Gasteiger charge is 2.26. The molecule has 1 unspecified atom stereocenters. The average Bonchev–Trinajstić information content (AvgIpc) is 2.96. The predicted octanol–water partition coefficient (Wildman–Crippen LogP) is 2.34. The van der Waals surface area contributed by atoms with E-state index in [1.807, 2.05) is 32.3 Å². The van der Waals surface area contributed by atoms with Gasteiger partial charge in [-0.15, -0.1) is 0 Å². The molecule has 0 saturated carbocycles. The summed E-state index contributed by atoms with van der Waals surface area (Å²) in [5, 5.41) is 7.38. The van der Waals surface area contributed by atoms with Gasteiger partial charge in [-0.3, -0.25) is 4.79 Å². The van der Waals surface area contributed by atoms with E-state index in [-0.39, 0.29) is 11.9 Å². The van der Waals surface area contributed by atoms with Gasteiger partial charge in [-0.2, -0.15) is 0 Å². The van der Waals surface area contributed by atoms with Crippen molar-refractivity contribution in [3.05, 3.63) is 52.9 Å². The summed E-state index contributed by atoms with van der Waals surface area (Å²) in [5.41, 5.74) is 3.38. The van der Waals surface area contributed by atoms with Crippen molar-refractivity contribution >= 4 is 5.91 Å². The van der Waals surface area contributed by atoms with Crippen molar-refractivity contribution in [2.75, 3.05) is 14.1 Å². The first-order valence-corrected chi connectivity index (χ1v) is 8.56. The van der Waals surface area contributed by atoms with Crippen LogP contribution in [0, 0.1) is 0 Å². The molecule has 1 heterocycles. The second-order valence-electron chi connectivity index (χ2n) is 6.76. The van der Waals surface area contributed by atoms with E-state index in [1.54, 1.807) is 0 Å². The quantitative estimate of drug-likeness (QED) is 0.885. The normalized spacial score (nSPS) is 16.9. The van der Waals surface area contributed by atoms with Crippen LogP contribution in [-0.4, -0.2) is 36.1 Å². The van der Waals surface area contributed by atoms with E-state index in [1.165, 1.54) is 11.1 Å². The third kappa shape index (κ3) is 4.23. The van der Waals surface area contributed by atoms with E-state index in [9.17, 15) is 4.79 Å². The highest BCUT2D eigenvalue weighted by atomic mass is 16.5. The summed E-state index contributed by atoms with van der Waals surface area (Å²) in [6.45, 7) is 0.771. The number of hydrogen-bond acceptors (Lipinski definition) is 4. The van der Waals surface area contributed by atoms with E-state index in [2.05, 4.69) is 27.5 Å². The van der Waals surface area contributed by atoms with Crippen molar-refractivity contribution in [2.24, 2.45) is 0 Å². The summed E-state index contributed by atoms with van der Waals surface area (Å²) in [7, 11) is 4.04. The summed E-state index contributed by atoms with van der Waals surface area (Å²) in [5.74, 6) is 1.11. The summed E-state index contributed by atoms with van der Waals surface area (Å²) >= 11 is 0. The fraction of sp³-hybridized carbons (Fsp3) is 0.474. The molecule has 1 N–H and O–H groups in total. The predicted molar refractivity (Wildman–Crippen MR) is 92.6 cm³/mol. The molecule has 1 aromatic carbocycles. The van der Waals surface area contributed by atoms with Crippen LogP contribution in [0.2, 0.25) is 0 Å². The number of hydrogen-bond donors (Lipinski definition) is 1. The van der Waals surface area contributed by atoms with Gasteiger partial charge in [-0.25, -0.2) is 0 Å². The van der Waals surface area contributed by atoms with Crippen LogP contribution in [0.1, 0.15) is 35.4 Å². The molecule has 1 aliphatic carbocycles. The molecule has 0 bridgehead atoms. The van der Waals surface area contributed by atoms with Crippen LogP contribution in [0.4, 0.5) is 0 Å². The summed E-state index contributed by atoms with van der Waals surface area (Å²) in [4.78, 5) is 14.3. The minimum Gasteiger partial charge on any atom is -0.361 e. The number of rotatable bonds is 6. The highest BCUT2D eigenvalue weighted by molar-refractivity contribution is 5.76. The van der Waals surface area contributed by atoms with Gasteiger partial charge in [0, 0.05) is 31.0 Å². The third-order valence-electron chi connectivity index (χ3n) is 4.44. The molecule has 1 atom stereocenters. The second kappa shape index (κ2) is 7.62. The minimum absolute atomic E-state index is 0.123. The van der Waals surface area contributed by atoms with Crippen LogP contribution in [0.25, 0.3) is 0 Å². The molecule has 128 valence electrons. The fourth-order valence-electron chi connectivity index (χ4n) is 3.21. The van der Waals surface area contributed by atoms with E-state index in [0.717, 1.165) is 43.7 Å². The Morgan fingerprint density at radius 3 is 2.88 bits per heavy atom. The molecule has 1 aliphatic rings. The van der Waals surface area contributed by atoms with Gasteiger partial charge in [-0.05, 0) is 38.9 Å². The first-order valence-electron chi connectivity index (χ1n) is 8.56. The van der Waals surface area contributed by atoms with Gasteiger partial charge in [0.25, 0.3) is 0 Å². The van der Waals surface area contributed by atoms with Gasteiger partial charge in [0.2, 0.25) is 5.91 Å². The molecule has 5 nitrogen and oxygen atoms in total. The highest BCUT2D eigenvalue weighted by Crippen LogP contribution is 2.25. The molecular formula is C19H25N3O2. The van der Waals surface area contributed by atoms with Crippen molar-refractivity contribution < 1.29 is 9.32 Å². The van der Waals surface area contributed by atoms with Crippen LogP contribution in [0.5, 0.6) is 0 Å². The number of nitrogens with zero attached hydrogens (tertiary/aromatic N) is 2. The van der Waals surface area contributed by atoms with Gasteiger partial charge in [0.15, 0.2) is 0 Å². The number of carbonyl (C=O) groups excluding carboxylic acids is 1. The van der Waals surface area contributed by atoms with Gasteiger partial charge in [-0.1, -0.05) is 35.5 Å². The number of benzene rings is 1. The molecule has 1 amide bonds. The largest absolute Gasteiger partial charge is 0.361 e. The van der Waals surface area contributed by atoms with E-state index in [4.69, 9.17) is 4.52 Å². The van der Waals surface area contributed by atoms with Crippen molar-refractivity contribution in [3.8, 4) is 0 Å². The van der Waals surface area contributed by atoms with Gasteiger partial charge < -0.3 is 14.7 Å². The van der Waals surface area contributed by atoms with Gasteiger partial charge in [0.1, 0.15) is 11.5 Å². The van der Waals surface area contributed by atoms with Crippen molar-refractivity contribution in [1.82, 2.24) is 15.4 Å². The van der Waals surface area contributed by atoms with Gasteiger partial charge >= 0.3 is 0 Å². The zero-order valence-corrected chi connectivity index (χ0v) is 14.4. The Hall–Kier alpha value is -2.14. The number of aromatic nitrogens is 1. The molecule has 2 aromatic rings. The molecule has 0 radical (unpaired) electrons. The smallest absolute Gasteiger partial charge is 0.220 e. The lowest BCUT2D eigenvalue weighted by molar-refractivity contribution is -0.121. The maximum Gasteiger partial charge on any atom is 0.220 e. The number of carbonyl (C=O) groups is 1. The van der Waals surface area contributed by atoms with Crippen LogP contribution in [0.3, 0.4) is 0 Å². The van der Waals surface area contributed by atoms with Crippen LogP contribution >= 0.6 is 0 Å². The number of nitrogens with one attached hydrogen (secondary N) is 1. The Balaban J connectivity index is 1.53. The van der Waals surface area contributed by atoms with Crippen LogP contribution in [0.15, 0.2) is 34.9 Å². The molecule has 0 fully saturated rings. The number of fused-ring (bicyclic) bond motifs is 1. The first kappa shape index (κ1) is 16.7. The zero-order valence-electron chi connectivity index (χ0n) is 14.4. The summed E-state index contributed by atoms with van der Waals surface area (Å²) in [6.07, 6.45) is 3.89. The monoisotopic (exact) mass is 327 g/mol. The number of amides is 1. The van der Waals surface area contributed by atoms with E-state index < -0.39 is 0 Å². The average molecular weight is 327 g/mol. The molecular weight excluding hydrogens is 302 g/mol. The lowest BCUT2D eigenvalue weighted by Crippen LogP contribution is -2.39. The van der Waals surface area contributed by atoms with Crippen molar-refractivity contribution in [1.29, 1.82) is 0 Å². The Bertz CT molecular complexity index is 679. The maximum absolute atomic E-state index is 12.2. The standard InChI is InChI=1S/C19H25N3O2/c1-22(2)13-17-16-12-15(9-10-18(16)24-21-17)20-19(23)11-8-14-6-4-3-5-7-14/h3-7,15H,8-13H2,1-2H3,(H,20,23). The molecule has 0 saturated heterocycles. The first-order chi connectivity index (χ1) is 11.6. The minimum atomic E-state index is 0.123. The lowest BCUT2D eigenvalue weighted by Gasteiger charge is -2.23.